The van der Waals surface area contributed by atoms with E-state index in [0.29, 0.717) is 23.0 Å². The van der Waals surface area contributed by atoms with E-state index in [4.69, 9.17) is 11.6 Å². The molecule has 130 valence electrons. The van der Waals surface area contributed by atoms with E-state index in [9.17, 15) is 9.59 Å². The molecule has 5 heteroatoms. The fourth-order valence-corrected chi connectivity index (χ4v) is 3.27. The van der Waals surface area contributed by atoms with Crippen molar-refractivity contribution in [2.45, 2.75) is 44.6 Å². The van der Waals surface area contributed by atoms with E-state index in [1.807, 2.05) is 4.90 Å². The van der Waals surface area contributed by atoms with Crippen LogP contribution < -0.4 is 5.32 Å². The number of hydrogen-bond acceptors (Lipinski definition) is 3. The number of likely N-dealkylation sites (tertiary alicyclic amines) is 1. The summed E-state index contributed by atoms with van der Waals surface area (Å²) in [5.41, 5.74) is 0.621. The maximum Gasteiger partial charge on any atom is 0.223 e. The molecule has 1 aliphatic carbocycles. The topological polar surface area (TPSA) is 49.4 Å². The highest BCUT2D eigenvalue weighted by Gasteiger charge is 2.26. The molecule has 3 rings (SSSR count). The minimum absolute atomic E-state index is 0.000928. The van der Waals surface area contributed by atoms with Crippen molar-refractivity contribution in [3.8, 4) is 0 Å². The molecule has 2 fully saturated rings. The van der Waals surface area contributed by atoms with Crippen molar-refractivity contribution < 1.29 is 9.59 Å². The second-order valence-electron chi connectivity index (χ2n) is 6.94. The number of ketones is 1. The lowest BCUT2D eigenvalue weighted by molar-refractivity contribution is -0.132. The molecule has 0 bridgehead atoms. The molecular formula is C19H25ClN2O2. The van der Waals surface area contributed by atoms with Crippen molar-refractivity contribution in [1.82, 2.24) is 10.2 Å². The summed E-state index contributed by atoms with van der Waals surface area (Å²) in [6.45, 7) is 2.74. The number of hydrogen-bond donors (Lipinski definition) is 1. The molecule has 0 aromatic heterocycles. The van der Waals surface area contributed by atoms with E-state index in [-0.39, 0.29) is 18.1 Å². The third kappa shape index (κ3) is 5.05. The Kier molecular flexibility index (Phi) is 5.90. The minimum atomic E-state index is 0.000928. The lowest BCUT2D eigenvalue weighted by atomic mass is 10.0. The number of halogens is 1. The summed E-state index contributed by atoms with van der Waals surface area (Å²) in [4.78, 5) is 26.3. The van der Waals surface area contributed by atoms with Crippen LogP contribution in [0.5, 0.6) is 0 Å². The zero-order chi connectivity index (χ0) is 16.9. The summed E-state index contributed by atoms with van der Waals surface area (Å²) in [5.74, 6) is 0.988. The van der Waals surface area contributed by atoms with E-state index in [1.54, 1.807) is 24.3 Å². The fourth-order valence-electron chi connectivity index (χ4n) is 3.15. The Bertz CT molecular complexity index is 576. The molecule has 2 aliphatic rings. The van der Waals surface area contributed by atoms with Crippen LogP contribution in [0.4, 0.5) is 0 Å². The maximum atomic E-state index is 12.3. The molecule has 1 heterocycles. The number of nitrogens with one attached hydrogen (secondary N) is 1. The van der Waals surface area contributed by atoms with Gasteiger partial charge in [0.2, 0.25) is 5.91 Å². The second kappa shape index (κ2) is 8.13. The van der Waals surface area contributed by atoms with Crippen molar-refractivity contribution >= 4 is 23.3 Å². The average Bonchev–Trinajstić information content (AvgIpc) is 3.43. The quantitative estimate of drug-likeness (QED) is 0.769. The number of amides is 1. The van der Waals surface area contributed by atoms with Gasteiger partial charge in [-0.3, -0.25) is 9.59 Å². The molecule has 0 unspecified atom stereocenters. The third-order valence-corrected chi connectivity index (χ3v) is 5.22. The monoisotopic (exact) mass is 348 g/mol. The second-order valence-corrected chi connectivity index (χ2v) is 7.37. The SMILES string of the molecule is O=C(CCC(=O)N1CCC(NCC2CC2)CC1)c1ccc(Cl)cc1. The number of nitrogens with zero attached hydrogens (tertiary/aromatic N) is 1. The van der Waals surface area contributed by atoms with Gasteiger partial charge in [-0.15, -0.1) is 0 Å². The van der Waals surface area contributed by atoms with E-state index < -0.39 is 0 Å². The van der Waals surface area contributed by atoms with Gasteiger partial charge in [0.05, 0.1) is 0 Å². The van der Waals surface area contributed by atoms with E-state index in [2.05, 4.69) is 5.32 Å². The largest absolute Gasteiger partial charge is 0.343 e. The van der Waals surface area contributed by atoms with Crippen molar-refractivity contribution in [2.24, 2.45) is 5.92 Å². The summed E-state index contributed by atoms with van der Waals surface area (Å²) in [5, 5.41) is 4.23. The number of piperidine rings is 1. The molecule has 1 aromatic rings. The van der Waals surface area contributed by atoms with Crippen LogP contribution in [0.25, 0.3) is 0 Å². The number of benzene rings is 1. The highest BCUT2D eigenvalue weighted by atomic mass is 35.5. The standard InChI is InChI=1S/C19H25ClN2O2/c20-16-5-3-15(4-6-16)18(23)7-8-19(24)22-11-9-17(10-12-22)21-13-14-1-2-14/h3-6,14,17,21H,1-2,7-13H2. The first-order valence-electron chi connectivity index (χ1n) is 8.92. The molecule has 4 nitrogen and oxygen atoms in total. The zero-order valence-corrected chi connectivity index (χ0v) is 14.7. The van der Waals surface area contributed by atoms with Crippen LogP contribution in [0, 0.1) is 5.92 Å². The number of carbonyl (C=O) groups excluding carboxylic acids is 2. The van der Waals surface area contributed by atoms with Crippen LogP contribution in [0.1, 0.15) is 48.9 Å². The first kappa shape index (κ1) is 17.4. The Morgan fingerprint density at radius 3 is 2.33 bits per heavy atom. The Labute approximate surface area is 148 Å². The van der Waals surface area contributed by atoms with Gasteiger partial charge < -0.3 is 10.2 Å². The minimum Gasteiger partial charge on any atom is -0.343 e. The molecule has 1 saturated heterocycles. The molecule has 1 saturated carbocycles. The molecule has 24 heavy (non-hydrogen) atoms. The van der Waals surface area contributed by atoms with Gasteiger partial charge >= 0.3 is 0 Å². The van der Waals surface area contributed by atoms with Crippen LogP contribution in [-0.4, -0.2) is 42.3 Å². The summed E-state index contributed by atoms with van der Waals surface area (Å²) in [7, 11) is 0. The number of carbonyl (C=O) groups is 2. The molecule has 0 spiro atoms. The van der Waals surface area contributed by atoms with Gasteiger partial charge in [-0.25, -0.2) is 0 Å². The van der Waals surface area contributed by atoms with Gasteiger partial charge in [0.15, 0.2) is 5.78 Å². The first-order chi connectivity index (χ1) is 11.6. The third-order valence-electron chi connectivity index (χ3n) is 4.97. The van der Waals surface area contributed by atoms with Crippen molar-refractivity contribution in [3.05, 3.63) is 34.9 Å². The zero-order valence-electron chi connectivity index (χ0n) is 14.0. The van der Waals surface area contributed by atoms with Gasteiger partial charge in [0.1, 0.15) is 0 Å². The highest BCUT2D eigenvalue weighted by molar-refractivity contribution is 6.30. The van der Waals surface area contributed by atoms with Crippen LogP contribution in [0.2, 0.25) is 5.02 Å². The average molecular weight is 349 g/mol. The Balaban J connectivity index is 1.37. The van der Waals surface area contributed by atoms with Gasteiger partial charge in [0, 0.05) is 42.6 Å². The summed E-state index contributed by atoms with van der Waals surface area (Å²) in [6.07, 6.45) is 5.33. The molecular weight excluding hydrogens is 324 g/mol. The first-order valence-corrected chi connectivity index (χ1v) is 9.29. The lowest BCUT2D eigenvalue weighted by Crippen LogP contribution is -2.45. The Morgan fingerprint density at radius 1 is 1.04 bits per heavy atom. The van der Waals surface area contributed by atoms with Gasteiger partial charge in [-0.05, 0) is 62.4 Å². The predicted molar refractivity (Wildman–Crippen MR) is 95.3 cm³/mol. The van der Waals surface area contributed by atoms with Crippen LogP contribution in [-0.2, 0) is 4.79 Å². The van der Waals surface area contributed by atoms with Crippen molar-refractivity contribution in [1.29, 1.82) is 0 Å². The molecule has 1 aromatic carbocycles. The molecule has 1 amide bonds. The molecule has 1 aliphatic heterocycles. The smallest absolute Gasteiger partial charge is 0.223 e. The van der Waals surface area contributed by atoms with Crippen molar-refractivity contribution in [2.75, 3.05) is 19.6 Å². The summed E-state index contributed by atoms with van der Waals surface area (Å²) in [6, 6.07) is 7.38. The van der Waals surface area contributed by atoms with Gasteiger partial charge in [0.25, 0.3) is 0 Å². The highest BCUT2D eigenvalue weighted by Crippen LogP contribution is 2.28. The van der Waals surface area contributed by atoms with E-state index >= 15 is 0 Å². The van der Waals surface area contributed by atoms with Crippen molar-refractivity contribution in [3.63, 3.8) is 0 Å². The van der Waals surface area contributed by atoms with Crippen LogP contribution in [0.15, 0.2) is 24.3 Å². The lowest BCUT2D eigenvalue weighted by Gasteiger charge is -2.32. The summed E-state index contributed by atoms with van der Waals surface area (Å²) < 4.78 is 0. The van der Waals surface area contributed by atoms with Crippen LogP contribution in [0.3, 0.4) is 0 Å². The molecule has 0 atom stereocenters. The van der Waals surface area contributed by atoms with Crippen LogP contribution >= 0.6 is 11.6 Å². The molecule has 0 radical (unpaired) electrons. The fraction of sp³-hybridized carbons (Fsp3) is 0.579. The Morgan fingerprint density at radius 2 is 1.71 bits per heavy atom. The van der Waals surface area contributed by atoms with E-state index in [1.165, 1.54) is 12.8 Å². The predicted octanol–water partition coefficient (Wildman–Crippen LogP) is 3.29. The van der Waals surface area contributed by atoms with Gasteiger partial charge in [-0.2, -0.15) is 0 Å². The van der Waals surface area contributed by atoms with Gasteiger partial charge in [-0.1, -0.05) is 11.6 Å². The Hall–Kier alpha value is -1.39. The molecule has 1 N–H and O–H groups in total. The number of Topliss-reactive ketones (excluding diaryl/α,β-unsaturated/α-hetero) is 1. The number of rotatable bonds is 7. The summed E-state index contributed by atoms with van der Waals surface area (Å²) >= 11 is 5.82. The maximum absolute atomic E-state index is 12.3. The normalized spacial score (nSPS) is 18.6. The van der Waals surface area contributed by atoms with E-state index in [0.717, 1.165) is 38.4 Å².